The average molecular weight is 331 g/mol. The van der Waals surface area contributed by atoms with Gasteiger partial charge in [-0.3, -0.25) is 4.99 Å². The van der Waals surface area contributed by atoms with Gasteiger partial charge in [-0.2, -0.15) is 0 Å². The van der Waals surface area contributed by atoms with Crippen molar-refractivity contribution < 1.29 is 9.84 Å². The molecule has 2 fully saturated rings. The number of rotatable bonds is 6. The first-order chi connectivity index (χ1) is 11.7. The molecule has 5 heteroatoms. The van der Waals surface area contributed by atoms with E-state index in [2.05, 4.69) is 17.1 Å². The Hall–Kier alpha value is -1.75. The minimum absolute atomic E-state index is 0.0649. The minimum Gasteiger partial charge on any atom is -0.490 e. The first-order valence-electron chi connectivity index (χ1n) is 9.10. The van der Waals surface area contributed by atoms with Crippen LogP contribution in [0.4, 0.5) is 0 Å². The highest BCUT2D eigenvalue weighted by Gasteiger charge is 2.42. The monoisotopic (exact) mass is 331 g/mol. The molecule has 5 nitrogen and oxygen atoms in total. The Bertz CT molecular complexity index is 535. The lowest BCUT2D eigenvalue weighted by Gasteiger charge is -2.34. The Labute approximate surface area is 144 Å². The molecule has 2 N–H and O–H groups in total. The van der Waals surface area contributed by atoms with Crippen LogP contribution in [0.1, 0.15) is 32.6 Å². The number of benzene rings is 1. The SMILES string of the molecule is CCNC(=NCC1(CO)CC1)N1CCC(Oc2ccccc2)CC1. The first kappa shape index (κ1) is 17.1. The lowest BCUT2D eigenvalue weighted by molar-refractivity contribution is 0.129. The maximum absolute atomic E-state index is 9.46. The number of guanidine groups is 1. The van der Waals surface area contributed by atoms with Crippen LogP contribution in [0.5, 0.6) is 5.75 Å². The van der Waals surface area contributed by atoms with Crippen LogP contribution in [0, 0.1) is 5.41 Å². The van der Waals surface area contributed by atoms with Crippen molar-refractivity contribution in [2.24, 2.45) is 10.4 Å². The molecule has 1 aromatic carbocycles. The quantitative estimate of drug-likeness (QED) is 0.620. The van der Waals surface area contributed by atoms with Crippen LogP contribution in [0.15, 0.2) is 35.3 Å². The number of nitrogens with zero attached hydrogens (tertiary/aromatic N) is 2. The Balaban J connectivity index is 1.52. The van der Waals surface area contributed by atoms with E-state index in [9.17, 15) is 5.11 Å². The van der Waals surface area contributed by atoms with Crippen molar-refractivity contribution in [3.8, 4) is 5.75 Å². The summed E-state index contributed by atoms with van der Waals surface area (Å²) in [4.78, 5) is 7.10. The third-order valence-electron chi connectivity index (χ3n) is 4.98. The van der Waals surface area contributed by atoms with Crippen molar-refractivity contribution in [3.05, 3.63) is 30.3 Å². The fraction of sp³-hybridized carbons (Fsp3) is 0.632. The lowest BCUT2D eigenvalue weighted by atomic mass is 10.1. The average Bonchev–Trinajstić information content (AvgIpc) is 3.41. The molecular formula is C19H29N3O2. The smallest absolute Gasteiger partial charge is 0.193 e. The number of para-hydroxylation sites is 1. The summed E-state index contributed by atoms with van der Waals surface area (Å²) in [6, 6.07) is 10.1. The van der Waals surface area contributed by atoms with Crippen LogP contribution in [0.2, 0.25) is 0 Å². The van der Waals surface area contributed by atoms with E-state index in [4.69, 9.17) is 9.73 Å². The first-order valence-corrected chi connectivity index (χ1v) is 9.10. The van der Waals surface area contributed by atoms with Crippen molar-refractivity contribution in [1.29, 1.82) is 0 Å². The zero-order chi connectivity index (χ0) is 16.8. The predicted molar refractivity (Wildman–Crippen MR) is 96.4 cm³/mol. The van der Waals surface area contributed by atoms with Gasteiger partial charge < -0.3 is 20.1 Å². The second-order valence-corrected chi connectivity index (χ2v) is 6.95. The molecule has 2 aliphatic rings. The van der Waals surface area contributed by atoms with Crippen LogP contribution < -0.4 is 10.1 Å². The fourth-order valence-corrected chi connectivity index (χ4v) is 3.09. The van der Waals surface area contributed by atoms with E-state index < -0.39 is 0 Å². The van der Waals surface area contributed by atoms with Gasteiger partial charge in [0, 0.05) is 37.9 Å². The maximum atomic E-state index is 9.46. The van der Waals surface area contributed by atoms with Crippen LogP contribution >= 0.6 is 0 Å². The summed E-state index contributed by atoms with van der Waals surface area (Å²) in [6.07, 6.45) is 4.48. The fourth-order valence-electron chi connectivity index (χ4n) is 3.09. The number of ether oxygens (including phenoxy) is 1. The zero-order valence-electron chi connectivity index (χ0n) is 14.6. The molecule has 3 rings (SSSR count). The van der Waals surface area contributed by atoms with Gasteiger partial charge in [-0.25, -0.2) is 0 Å². The normalized spacial score (nSPS) is 20.8. The second-order valence-electron chi connectivity index (χ2n) is 6.95. The Morgan fingerprint density at radius 1 is 1.29 bits per heavy atom. The highest BCUT2D eigenvalue weighted by Crippen LogP contribution is 2.45. The van der Waals surface area contributed by atoms with Crippen molar-refractivity contribution in [2.75, 3.05) is 32.8 Å². The van der Waals surface area contributed by atoms with E-state index in [0.29, 0.717) is 0 Å². The molecule has 1 heterocycles. The van der Waals surface area contributed by atoms with Crippen molar-refractivity contribution in [2.45, 2.75) is 38.7 Å². The van der Waals surface area contributed by atoms with E-state index in [1.807, 2.05) is 30.3 Å². The Kier molecular flexibility index (Phi) is 5.61. The molecule has 132 valence electrons. The summed E-state index contributed by atoms with van der Waals surface area (Å²) in [5, 5.41) is 12.9. The summed E-state index contributed by atoms with van der Waals surface area (Å²) < 4.78 is 6.06. The van der Waals surface area contributed by atoms with Crippen molar-refractivity contribution >= 4 is 5.96 Å². The Morgan fingerprint density at radius 2 is 2.00 bits per heavy atom. The predicted octanol–water partition coefficient (Wildman–Crippen LogP) is 2.27. The molecule has 0 aromatic heterocycles. The number of piperidine rings is 1. The van der Waals surface area contributed by atoms with E-state index in [-0.39, 0.29) is 18.1 Å². The van der Waals surface area contributed by atoms with Crippen molar-refractivity contribution in [1.82, 2.24) is 10.2 Å². The molecule has 0 unspecified atom stereocenters. The van der Waals surface area contributed by atoms with Gasteiger partial charge in [0.25, 0.3) is 0 Å². The molecule has 0 radical (unpaired) electrons. The molecular weight excluding hydrogens is 302 g/mol. The number of hydrogen-bond acceptors (Lipinski definition) is 3. The second kappa shape index (κ2) is 7.88. The summed E-state index contributed by atoms with van der Waals surface area (Å²) >= 11 is 0. The largest absolute Gasteiger partial charge is 0.490 e. The van der Waals surface area contributed by atoms with Crippen LogP contribution in [-0.2, 0) is 0 Å². The minimum atomic E-state index is 0.0649. The molecule has 1 aromatic rings. The number of likely N-dealkylation sites (tertiary alicyclic amines) is 1. The number of hydrogen-bond donors (Lipinski definition) is 2. The molecule has 0 spiro atoms. The summed E-state index contributed by atoms with van der Waals surface area (Å²) in [7, 11) is 0. The van der Waals surface area contributed by atoms with Gasteiger partial charge in [-0.15, -0.1) is 0 Å². The maximum Gasteiger partial charge on any atom is 0.193 e. The molecule has 0 atom stereocenters. The van der Waals surface area contributed by atoms with Crippen LogP contribution in [0.3, 0.4) is 0 Å². The van der Waals surface area contributed by atoms with Gasteiger partial charge in [-0.05, 0) is 31.9 Å². The van der Waals surface area contributed by atoms with E-state index in [1.54, 1.807) is 0 Å². The van der Waals surface area contributed by atoms with Gasteiger partial charge in [0.2, 0.25) is 0 Å². The molecule has 0 amide bonds. The van der Waals surface area contributed by atoms with Gasteiger partial charge >= 0.3 is 0 Å². The number of aliphatic imine (C=N–C) groups is 1. The third-order valence-corrected chi connectivity index (χ3v) is 4.98. The van der Waals surface area contributed by atoms with Gasteiger partial charge in [0.05, 0.1) is 13.2 Å². The van der Waals surface area contributed by atoms with Crippen molar-refractivity contribution in [3.63, 3.8) is 0 Å². The van der Waals surface area contributed by atoms with E-state index in [1.165, 1.54) is 0 Å². The van der Waals surface area contributed by atoms with Gasteiger partial charge in [0.1, 0.15) is 11.9 Å². The number of aliphatic hydroxyl groups is 1. The Morgan fingerprint density at radius 3 is 2.58 bits per heavy atom. The molecule has 1 saturated heterocycles. The van der Waals surface area contributed by atoms with Crippen LogP contribution in [-0.4, -0.2) is 54.9 Å². The standard InChI is InChI=1S/C19H29N3O2/c1-2-20-18(21-14-19(15-23)10-11-19)22-12-8-17(9-13-22)24-16-6-4-3-5-7-16/h3-7,17,23H,2,8-15H2,1H3,(H,20,21). The van der Waals surface area contributed by atoms with Gasteiger partial charge in [-0.1, -0.05) is 18.2 Å². The lowest BCUT2D eigenvalue weighted by Crippen LogP contribution is -2.47. The van der Waals surface area contributed by atoms with E-state index >= 15 is 0 Å². The summed E-state index contributed by atoms with van der Waals surface area (Å²) in [5.74, 6) is 1.94. The molecule has 24 heavy (non-hydrogen) atoms. The van der Waals surface area contributed by atoms with Crippen LogP contribution in [0.25, 0.3) is 0 Å². The highest BCUT2D eigenvalue weighted by atomic mass is 16.5. The topological polar surface area (TPSA) is 57.1 Å². The number of aliphatic hydroxyl groups excluding tert-OH is 1. The highest BCUT2D eigenvalue weighted by molar-refractivity contribution is 5.80. The third kappa shape index (κ3) is 4.41. The zero-order valence-corrected chi connectivity index (χ0v) is 14.6. The molecule has 1 aliphatic carbocycles. The molecule has 1 saturated carbocycles. The summed E-state index contributed by atoms with van der Waals surface area (Å²) in [6.45, 7) is 5.85. The molecule has 0 bridgehead atoms. The summed E-state index contributed by atoms with van der Waals surface area (Å²) in [5.41, 5.74) is 0.0649. The van der Waals surface area contributed by atoms with E-state index in [0.717, 1.165) is 63.6 Å². The van der Waals surface area contributed by atoms with Gasteiger partial charge in [0.15, 0.2) is 5.96 Å². The molecule has 1 aliphatic heterocycles. The number of nitrogens with one attached hydrogen (secondary N) is 1.